The first kappa shape index (κ1) is 14.9. The maximum absolute atomic E-state index is 11.9. The lowest BCUT2D eigenvalue weighted by molar-refractivity contribution is -0.139. The molecule has 1 rings (SSSR count). The lowest BCUT2D eigenvalue weighted by Gasteiger charge is -2.17. The molecule has 1 heterocycles. The van der Waals surface area contributed by atoms with Gasteiger partial charge in [-0.1, -0.05) is 13.2 Å². The van der Waals surface area contributed by atoms with E-state index < -0.39 is 5.97 Å². The van der Waals surface area contributed by atoms with Crippen molar-refractivity contribution in [3.8, 4) is 0 Å². The molecule has 19 heavy (non-hydrogen) atoms. The number of nitrogens with zero attached hydrogens (tertiary/aromatic N) is 2. The minimum absolute atomic E-state index is 0.0898. The van der Waals surface area contributed by atoms with Crippen molar-refractivity contribution in [2.45, 2.75) is 13.8 Å². The van der Waals surface area contributed by atoms with Gasteiger partial charge in [-0.05, 0) is 13.8 Å². The summed E-state index contributed by atoms with van der Waals surface area (Å²) in [6.45, 7) is 11.2. The predicted octanol–water partition coefficient (Wildman–Crippen LogP) is 0.946. The quantitative estimate of drug-likeness (QED) is 0.549. The molecule has 1 aliphatic heterocycles. The van der Waals surface area contributed by atoms with E-state index in [0.29, 0.717) is 24.2 Å². The zero-order chi connectivity index (χ0) is 14.6. The normalized spacial score (nSPS) is 14.5. The third-order valence-corrected chi connectivity index (χ3v) is 2.65. The van der Waals surface area contributed by atoms with Gasteiger partial charge in [0.1, 0.15) is 6.61 Å². The molecule has 0 bridgehead atoms. The second-order valence-electron chi connectivity index (χ2n) is 4.42. The van der Waals surface area contributed by atoms with E-state index in [1.165, 1.54) is 4.90 Å². The summed E-state index contributed by atoms with van der Waals surface area (Å²) < 4.78 is 4.90. The number of ether oxygens (including phenoxy) is 1. The Balaban J connectivity index is 2.44. The molecule has 1 aliphatic rings. The number of imide groups is 1. The lowest BCUT2D eigenvalue weighted by atomic mass is 10.3. The zero-order valence-electron chi connectivity index (χ0n) is 11.3. The highest BCUT2D eigenvalue weighted by atomic mass is 16.5. The second kappa shape index (κ2) is 6.17. The van der Waals surface area contributed by atoms with Crippen LogP contribution in [0.2, 0.25) is 0 Å². The number of rotatable bonds is 5. The molecule has 1 fully saturated rings. The van der Waals surface area contributed by atoms with Crippen molar-refractivity contribution in [1.29, 1.82) is 0 Å². The van der Waals surface area contributed by atoms with Crippen LogP contribution < -0.4 is 0 Å². The molecule has 6 heteroatoms. The Morgan fingerprint density at radius 3 is 2.37 bits per heavy atom. The van der Waals surface area contributed by atoms with Gasteiger partial charge in [0.15, 0.2) is 0 Å². The third kappa shape index (κ3) is 3.67. The number of carbonyl (C=O) groups excluding carboxylic acids is 3. The van der Waals surface area contributed by atoms with Crippen LogP contribution in [0.1, 0.15) is 13.8 Å². The maximum Gasteiger partial charge on any atom is 0.333 e. The standard InChI is InChI=1S/C13H18N2O4/c1-9(2)11(16)15-6-5-14(13(15)18)7-8-19-12(17)10(3)4/h1,3,5-8H2,2,4H3. The Bertz CT molecular complexity index is 442. The van der Waals surface area contributed by atoms with Crippen LogP contribution in [0.3, 0.4) is 0 Å². The first-order chi connectivity index (χ1) is 8.84. The minimum atomic E-state index is -0.485. The number of amides is 3. The van der Waals surface area contributed by atoms with Crippen LogP contribution in [0.15, 0.2) is 24.3 Å². The van der Waals surface area contributed by atoms with Crippen LogP contribution in [-0.2, 0) is 14.3 Å². The number of carbonyl (C=O) groups is 3. The Kier molecular flexibility index (Phi) is 4.86. The topological polar surface area (TPSA) is 66.9 Å². The summed E-state index contributed by atoms with van der Waals surface area (Å²) in [5, 5.41) is 0. The van der Waals surface area contributed by atoms with Crippen molar-refractivity contribution in [2.24, 2.45) is 0 Å². The molecule has 0 saturated carbocycles. The SMILES string of the molecule is C=C(C)C(=O)OCCN1CCN(C(=O)C(=C)C)C1=O. The minimum Gasteiger partial charge on any atom is -0.460 e. The molecule has 3 amide bonds. The Morgan fingerprint density at radius 2 is 1.84 bits per heavy atom. The van der Waals surface area contributed by atoms with Crippen LogP contribution in [0.5, 0.6) is 0 Å². The van der Waals surface area contributed by atoms with Gasteiger partial charge >= 0.3 is 12.0 Å². The fourth-order valence-electron chi connectivity index (χ4n) is 1.58. The van der Waals surface area contributed by atoms with E-state index in [2.05, 4.69) is 13.2 Å². The molecule has 0 spiro atoms. The summed E-state index contributed by atoms with van der Waals surface area (Å²) in [5.74, 6) is -0.854. The molecule has 0 aliphatic carbocycles. The smallest absolute Gasteiger partial charge is 0.333 e. The number of hydrogen-bond donors (Lipinski definition) is 0. The predicted molar refractivity (Wildman–Crippen MR) is 69.3 cm³/mol. The molecule has 0 atom stereocenters. The molecule has 0 aromatic rings. The average Bonchev–Trinajstić information content (AvgIpc) is 2.69. The molecule has 1 saturated heterocycles. The first-order valence-corrected chi connectivity index (χ1v) is 5.93. The third-order valence-electron chi connectivity index (χ3n) is 2.65. The second-order valence-corrected chi connectivity index (χ2v) is 4.42. The highest BCUT2D eigenvalue weighted by Gasteiger charge is 2.32. The molecule has 104 valence electrons. The van der Waals surface area contributed by atoms with Gasteiger partial charge in [0, 0.05) is 24.2 Å². The van der Waals surface area contributed by atoms with Crippen molar-refractivity contribution < 1.29 is 19.1 Å². The van der Waals surface area contributed by atoms with Gasteiger partial charge < -0.3 is 9.64 Å². The number of hydrogen-bond acceptors (Lipinski definition) is 4. The number of esters is 1. The van der Waals surface area contributed by atoms with E-state index in [1.54, 1.807) is 13.8 Å². The van der Waals surface area contributed by atoms with E-state index >= 15 is 0 Å². The van der Waals surface area contributed by atoms with Gasteiger partial charge in [-0.25, -0.2) is 9.59 Å². The molecule has 0 radical (unpaired) electrons. The van der Waals surface area contributed by atoms with E-state index in [1.807, 2.05) is 0 Å². The molecule has 0 aromatic carbocycles. The van der Waals surface area contributed by atoms with Gasteiger partial charge in [0.05, 0.1) is 6.54 Å². The van der Waals surface area contributed by atoms with Crippen LogP contribution >= 0.6 is 0 Å². The van der Waals surface area contributed by atoms with Gasteiger partial charge in [0.25, 0.3) is 5.91 Å². The fraction of sp³-hybridized carbons (Fsp3) is 0.462. The van der Waals surface area contributed by atoms with Crippen molar-refractivity contribution in [2.75, 3.05) is 26.2 Å². The average molecular weight is 266 g/mol. The van der Waals surface area contributed by atoms with E-state index in [0.717, 1.165) is 4.90 Å². The highest BCUT2D eigenvalue weighted by molar-refractivity contribution is 6.03. The molecular weight excluding hydrogens is 248 g/mol. The summed E-state index contributed by atoms with van der Waals surface area (Å²) in [7, 11) is 0. The van der Waals surface area contributed by atoms with E-state index in [4.69, 9.17) is 4.74 Å². The fourth-order valence-corrected chi connectivity index (χ4v) is 1.58. The molecular formula is C13H18N2O4. The van der Waals surface area contributed by atoms with Gasteiger partial charge in [-0.15, -0.1) is 0 Å². The molecule has 0 N–H and O–H groups in total. The van der Waals surface area contributed by atoms with Crippen LogP contribution in [0.25, 0.3) is 0 Å². The molecule has 6 nitrogen and oxygen atoms in total. The zero-order valence-corrected chi connectivity index (χ0v) is 11.3. The van der Waals surface area contributed by atoms with Crippen LogP contribution in [-0.4, -0.2) is 53.9 Å². The van der Waals surface area contributed by atoms with Crippen molar-refractivity contribution in [3.05, 3.63) is 24.3 Å². The monoisotopic (exact) mass is 266 g/mol. The maximum atomic E-state index is 11.9. The van der Waals surface area contributed by atoms with E-state index in [-0.39, 0.29) is 25.1 Å². The van der Waals surface area contributed by atoms with Gasteiger partial charge in [-0.2, -0.15) is 0 Å². The molecule has 0 aromatic heterocycles. The highest BCUT2D eigenvalue weighted by Crippen LogP contribution is 2.11. The summed E-state index contributed by atoms with van der Waals surface area (Å²) in [6.07, 6.45) is 0. The Hall–Kier alpha value is -2.11. The van der Waals surface area contributed by atoms with E-state index in [9.17, 15) is 14.4 Å². The summed E-state index contributed by atoms with van der Waals surface area (Å²) in [5.41, 5.74) is 0.635. The van der Waals surface area contributed by atoms with Gasteiger partial charge in [-0.3, -0.25) is 9.69 Å². The van der Waals surface area contributed by atoms with Crippen molar-refractivity contribution in [1.82, 2.24) is 9.80 Å². The first-order valence-electron chi connectivity index (χ1n) is 5.93. The Morgan fingerprint density at radius 1 is 1.21 bits per heavy atom. The summed E-state index contributed by atoms with van der Waals surface area (Å²) in [4.78, 5) is 37.3. The number of urea groups is 1. The van der Waals surface area contributed by atoms with Gasteiger partial charge in [0.2, 0.25) is 0 Å². The Labute approximate surface area is 112 Å². The largest absolute Gasteiger partial charge is 0.460 e. The van der Waals surface area contributed by atoms with Crippen LogP contribution in [0, 0.1) is 0 Å². The van der Waals surface area contributed by atoms with Crippen molar-refractivity contribution >= 4 is 17.9 Å². The van der Waals surface area contributed by atoms with Crippen molar-refractivity contribution in [3.63, 3.8) is 0 Å². The van der Waals surface area contributed by atoms with Crippen LogP contribution in [0.4, 0.5) is 4.79 Å². The lowest BCUT2D eigenvalue weighted by Crippen LogP contribution is -2.37. The summed E-state index contributed by atoms with van der Waals surface area (Å²) in [6, 6.07) is -0.376. The molecule has 0 unspecified atom stereocenters. The summed E-state index contributed by atoms with van der Waals surface area (Å²) >= 11 is 0.